The van der Waals surface area contributed by atoms with E-state index in [9.17, 15) is 142 Å². The largest absolute Gasteiger partial charge is 0.508 e. The van der Waals surface area contributed by atoms with Crippen molar-refractivity contribution in [3.8, 4) is 11.5 Å². The molecule has 132 heavy (non-hydrogen) atoms. The molecule has 18 N–H and O–H groups in total. The number of benzene rings is 3. The number of aliphatic carboxylic acids is 3. The number of phenolic OH excluding ortho intramolecular Hbond substituents is 2. The number of carboxylic acids is 3. The number of aliphatic hydroxyl groups is 4. The van der Waals surface area contributed by atoms with Gasteiger partial charge < -0.3 is 93.8 Å². The first-order valence-electron chi connectivity index (χ1n) is 44.2. The predicted molar refractivity (Wildman–Crippen MR) is 478 cm³/mol. The number of nitrogens with two attached hydrogens (primary N) is 1. The lowest BCUT2D eigenvalue weighted by Crippen LogP contribution is -2.52. The Morgan fingerprint density at radius 1 is 0.447 bits per heavy atom. The second kappa shape index (κ2) is 57.7. The summed E-state index contributed by atoms with van der Waals surface area (Å²) in [7, 11) is 1.46. The summed E-state index contributed by atoms with van der Waals surface area (Å²) < 4.78 is 0. The molecular weight excluding hydrogens is 1740 g/mol. The number of aliphatic hydroxyl groups excluding tert-OH is 4. The van der Waals surface area contributed by atoms with E-state index < -0.39 is 298 Å². The quantitative estimate of drug-likeness (QED) is 0.0284. The molecule has 0 aliphatic carbocycles. The third-order valence-electron chi connectivity index (χ3n) is 22.8. The highest BCUT2D eigenvalue weighted by Crippen LogP contribution is 2.27. The third kappa shape index (κ3) is 40.2. The van der Waals surface area contributed by atoms with Crippen molar-refractivity contribution in [1.82, 2.24) is 47.0 Å². The zero-order valence-corrected chi connectivity index (χ0v) is 76.7. The monoisotopic (exact) mass is 1870 g/mol. The number of carbonyl (C=O) groups excluding carboxylic acids is 17. The van der Waals surface area contributed by atoms with Gasteiger partial charge in [-0.25, -0.2) is 4.79 Å². The van der Waals surface area contributed by atoms with Gasteiger partial charge in [-0.2, -0.15) is 0 Å². The number of imide groups is 1. The van der Waals surface area contributed by atoms with Crippen molar-refractivity contribution in [2.24, 2.45) is 59.0 Å². The van der Waals surface area contributed by atoms with Gasteiger partial charge in [-0.3, -0.25) is 96.0 Å². The molecule has 10 amide bonds. The predicted octanol–water partition coefficient (Wildman–Crippen LogP) is 1.96. The van der Waals surface area contributed by atoms with Crippen molar-refractivity contribution in [2.45, 2.75) is 232 Å². The number of hydrogen-bond donors (Lipinski definition) is 17. The van der Waals surface area contributed by atoms with Crippen LogP contribution in [-0.4, -0.2) is 280 Å². The van der Waals surface area contributed by atoms with Crippen LogP contribution in [0.5, 0.6) is 11.5 Å². The van der Waals surface area contributed by atoms with Crippen LogP contribution in [0.4, 0.5) is 4.79 Å². The maximum atomic E-state index is 14.8. The summed E-state index contributed by atoms with van der Waals surface area (Å²) in [6.45, 7) is 8.05. The van der Waals surface area contributed by atoms with Crippen molar-refractivity contribution in [3.05, 3.63) is 95.6 Å². The molecule has 0 spiro atoms. The van der Waals surface area contributed by atoms with Crippen molar-refractivity contribution < 1.29 is 142 Å². The Balaban J connectivity index is 1.52. The highest BCUT2D eigenvalue weighted by Gasteiger charge is 2.41. The molecule has 0 radical (unpaired) electrons. The van der Waals surface area contributed by atoms with Crippen LogP contribution in [0.2, 0.25) is 0 Å². The number of phenols is 2. The molecule has 39 nitrogen and oxygen atoms in total. The standard InChI is InChI=1S/C92H130N10O29S/c1-9-52(4)84(79(116)39-60(33-57-20-25-64(107)26-21-57)87(126)96-71(32-51(2)3)75(112)37-61(41-82(120)121)86(125)95-53(5)16-13-14-30-93)100-89(128)63(47-103)40-76(113)72(35-58-22-27-65(108)28-23-58)97-88(127)62(42-83(122)123)38-77(114)74(48-104)99-91(130)70(55(7)106)44-78(115)73(34-56-17-11-10-12-18-56)98-90(129)69(54(6)105)43-67(110)45-94-85(124)59(24-29-81(118)119)36-68(111)50-132-49-66(109)19-15-31-102-80(117)46-101(8)92(102)131/h10-12,17-18,20-23,25-28,51-55,59-63,69-74,84,103-108H,9,13-16,19,24,29-50,93H2,1-8H3,(H,94,124)(H,95,125)(H,96,126)(H,97,127)(H,98,129)(H,99,130)(H,100,128)(H,118,119)(H,120,121)(H,122,123)/t52-,53+,54+,55+,59+,60+,61-,62-,63-,69-,70-,71-,72-,73-,74-,84-/m0/s1. The summed E-state index contributed by atoms with van der Waals surface area (Å²) >= 11 is 0.932. The zero-order valence-electron chi connectivity index (χ0n) is 75.9. The lowest BCUT2D eigenvalue weighted by molar-refractivity contribution is -0.143. The van der Waals surface area contributed by atoms with E-state index in [1.165, 1.54) is 60.5 Å². The smallest absolute Gasteiger partial charge is 0.326 e. The van der Waals surface area contributed by atoms with Crippen LogP contribution < -0.4 is 43.0 Å². The average molecular weight is 1870 g/mol. The van der Waals surface area contributed by atoms with E-state index in [0.717, 1.165) is 30.5 Å². The molecule has 0 saturated carbocycles. The number of unbranched alkanes of at least 4 members (excludes halogenated alkanes) is 1. The van der Waals surface area contributed by atoms with Gasteiger partial charge in [0.2, 0.25) is 47.3 Å². The number of nitrogens with one attached hydrogen (secondary N) is 7. The van der Waals surface area contributed by atoms with Crippen LogP contribution in [-0.2, 0) is 110 Å². The maximum absolute atomic E-state index is 14.8. The Labute approximate surface area is 770 Å². The molecule has 0 bridgehead atoms. The van der Waals surface area contributed by atoms with Crippen molar-refractivity contribution >= 4 is 129 Å². The van der Waals surface area contributed by atoms with Gasteiger partial charge in [-0.1, -0.05) is 95.1 Å². The van der Waals surface area contributed by atoms with Crippen LogP contribution in [0.1, 0.15) is 181 Å². The first-order chi connectivity index (χ1) is 62.3. The van der Waals surface area contributed by atoms with E-state index in [-0.39, 0.29) is 98.3 Å². The summed E-state index contributed by atoms with van der Waals surface area (Å²) in [5.41, 5.74) is 6.76. The van der Waals surface area contributed by atoms with Crippen LogP contribution in [0.15, 0.2) is 78.9 Å². The van der Waals surface area contributed by atoms with Gasteiger partial charge in [-0.15, -0.1) is 11.8 Å². The molecular formula is C92H130N10O29S. The van der Waals surface area contributed by atoms with Gasteiger partial charge >= 0.3 is 23.9 Å². The van der Waals surface area contributed by atoms with Gasteiger partial charge in [0.05, 0.1) is 110 Å². The first-order valence-corrected chi connectivity index (χ1v) is 45.4. The summed E-state index contributed by atoms with van der Waals surface area (Å²) in [5, 5.41) is 111. The number of nitrogens with zero attached hydrogens (tertiary/aromatic N) is 2. The van der Waals surface area contributed by atoms with Gasteiger partial charge in [0.1, 0.15) is 35.7 Å². The minimum atomic E-state index is -2.00. The molecule has 1 saturated heterocycles. The Bertz CT molecular complexity index is 4450. The second-order valence-electron chi connectivity index (χ2n) is 34.4. The van der Waals surface area contributed by atoms with Crippen LogP contribution in [0.3, 0.4) is 0 Å². The number of rotatable bonds is 67. The van der Waals surface area contributed by atoms with Crippen molar-refractivity contribution in [2.75, 3.05) is 57.9 Å². The highest BCUT2D eigenvalue weighted by atomic mass is 32.2. The number of carbonyl (C=O) groups is 20. The first kappa shape index (κ1) is 113. The molecule has 3 aromatic carbocycles. The summed E-state index contributed by atoms with van der Waals surface area (Å²) in [5.74, 6) is -30.7. The Morgan fingerprint density at radius 3 is 1.42 bits per heavy atom. The second-order valence-corrected chi connectivity index (χ2v) is 35.4. The fraction of sp³-hybridized carbons (Fsp3) is 0.587. The number of ketones is 8. The van der Waals surface area contributed by atoms with E-state index in [4.69, 9.17) is 5.73 Å². The summed E-state index contributed by atoms with van der Waals surface area (Å²) in [6.07, 6.45) is -10.1. The lowest BCUT2D eigenvalue weighted by atomic mass is 9.85. The lowest BCUT2D eigenvalue weighted by Gasteiger charge is -2.28. The molecule has 40 heteroatoms. The topological polar surface area (TPSA) is 640 Å². The molecule has 4 rings (SSSR count). The number of Topliss-reactive ketones (excluding diaryl/α,β-unsaturated/α-hetero) is 8. The number of aromatic hydroxyl groups is 2. The van der Waals surface area contributed by atoms with Crippen LogP contribution in [0.25, 0.3) is 0 Å². The summed E-state index contributed by atoms with van der Waals surface area (Å²) in [6, 6.07) is 9.87. The number of likely N-dealkylation sites (N-methyl/N-ethyl adjacent to an activating group) is 1. The highest BCUT2D eigenvalue weighted by molar-refractivity contribution is 8.00. The fourth-order valence-corrected chi connectivity index (χ4v) is 15.7. The molecule has 1 aliphatic heterocycles. The van der Waals surface area contributed by atoms with E-state index in [2.05, 4.69) is 37.2 Å². The van der Waals surface area contributed by atoms with Gasteiger partial charge in [0.15, 0.2) is 34.7 Å². The molecule has 16 atom stereocenters. The minimum Gasteiger partial charge on any atom is -0.508 e. The number of amides is 10. The van der Waals surface area contributed by atoms with E-state index in [0.29, 0.717) is 36.9 Å². The minimum absolute atomic E-state index is 0.00446. The molecule has 1 aliphatic rings. The maximum Gasteiger partial charge on any atom is 0.326 e. The number of hydrogen-bond acceptors (Lipinski definition) is 28. The van der Waals surface area contributed by atoms with Gasteiger partial charge in [0.25, 0.3) is 0 Å². The van der Waals surface area contributed by atoms with Crippen molar-refractivity contribution in [1.29, 1.82) is 0 Å². The van der Waals surface area contributed by atoms with E-state index in [1.54, 1.807) is 65.0 Å². The van der Waals surface area contributed by atoms with Crippen molar-refractivity contribution in [3.63, 3.8) is 0 Å². The SMILES string of the molecule is CC[C@H](C)[C@H](NC(=O)[C@H](CO)CC(=O)[C@H](Cc1ccc(O)cc1)NC(=O)[C@H](CC(=O)O)CC(=O)[C@H](CO)NC(=O)[C@@H](CC(=O)[C@H](Cc1ccccc1)NC(=O)[C@@H](CC(=O)CNC(=O)[C@H](CCC(=O)O)CC(=O)CSCC(=O)CCCN1C(=O)CN(C)C1=O)[C@@H](C)O)[C@@H](C)O)C(=O)C[C@@H](Cc1ccc(O)cc1)C(=O)N[C@@H](CC(C)C)C(=O)C[C@@H](CC(=O)O)C(=O)N[C@H](C)CCCCN. The Hall–Kier alpha value is -11.6. The molecule has 1 heterocycles. The van der Waals surface area contributed by atoms with Gasteiger partial charge in [0, 0.05) is 89.3 Å². The molecule has 3 aromatic rings. The Kier molecular flexibility index (Phi) is 49.2. The third-order valence-corrected chi connectivity index (χ3v) is 23.8. The molecule has 1 fully saturated rings. The summed E-state index contributed by atoms with van der Waals surface area (Å²) in [4.78, 5) is 274. The van der Waals surface area contributed by atoms with Crippen LogP contribution >= 0.6 is 11.8 Å². The number of urea groups is 1. The average Bonchev–Trinajstić information content (AvgIpc) is 1.30. The van der Waals surface area contributed by atoms with E-state index in [1.807, 2.05) is 0 Å². The fourth-order valence-electron chi connectivity index (χ4n) is 14.9. The number of carboxylic acid groups (broad SMARTS) is 3. The number of thioether (sulfide) groups is 1. The van der Waals surface area contributed by atoms with Crippen LogP contribution in [0, 0.1) is 53.3 Å². The molecule has 0 aromatic heterocycles. The molecule has 728 valence electrons. The molecule has 0 unspecified atom stereocenters. The zero-order chi connectivity index (χ0) is 98.8. The Morgan fingerprint density at radius 2 is 0.917 bits per heavy atom. The normalized spacial score (nSPS) is 15.7. The van der Waals surface area contributed by atoms with E-state index >= 15 is 0 Å². The van der Waals surface area contributed by atoms with Gasteiger partial charge in [-0.05, 0) is 131 Å².